The second-order valence-corrected chi connectivity index (χ2v) is 10.3. The van der Waals surface area contributed by atoms with Gasteiger partial charge in [-0.05, 0) is 30.7 Å². The van der Waals surface area contributed by atoms with Crippen molar-refractivity contribution in [3.8, 4) is 17.2 Å². The molecule has 41 heavy (non-hydrogen) atoms. The smallest absolute Gasteiger partial charge is 0.257 e. The molecule has 1 unspecified atom stereocenters. The maximum absolute atomic E-state index is 14.4. The van der Waals surface area contributed by atoms with E-state index in [9.17, 15) is 28.3 Å². The Bertz CT molecular complexity index is 1600. The van der Waals surface area contributed by atoms with Crippen molar-refractivity contribution in [1.82, 2.24) is 19.7 Å². The van der Waals surface area contributed by atoms with E-state index in [1.54, 1.807) is 11.8 Å². The van der Waals surface area contributed by atoms with Crippen molar-refractivity contribution in [3.05, 3.63) is 63.4 Å². The normalized spacial score (nSPS) is 18.7. The minimum Gasteiger partial charge on any atom is -0.486 e. The Labute approximate surface area is 232 Å². The predicted molar refractivity (Wildman–Crippen MR) is 141 cm³/mol. The van der Waals surface area contributed by atoms with Crippen LogP contribution in [0.1, 0.15) is 28.9 Å². The van der Waals surface area contributed by atoms with Crippen LogP contribution in [0.3, 0.4) is 0 Å². The number of aromatic nitrogens is 1. The lowest BCUT2D eigenvalue weighted by atomic mass is 10.1. The van der Waals surface area contributed by atoms with Gasteiger partial charge >= 0.3 is 0 Å². The van der Waals surface area contributed by atoms with Gasteiger partial charge in [0, 0.05) is 38.9 Å². The highest BCUT2D eigenvalue weighted by molar-refractivity contribution is 6.00. The number of carbonyl (C=O) groups is 2. The summed E-state index contributed by atoms with van der Waals surface area (Å²) in [4.78, 5) is 43.3. The molecule has 3 aromatic rings. The number of pyridine rings is 1. The summed E-state index contributed by atoms with van der Waals surface area (Å²) in [6, 6.07) is 4.82. The molecule has 1 aromatic heterocycles. The van der Waals surface area contributed by atoms with Crippen molar-refractivity contribution in [1.29, 1.82) is 0 Å². The molecule has 2 aromatic carbocycles. The molecule has 1 fully saturated rings. The van der Waals surface area contributed by atoms with Crippen molar-refractivity contribution < 1.29 is 37.7 Å². The lowest BCUT2D eigenvalue weighted by molar-refractivity contribution is -0.136. The summed E-state index contributed by atoms with van der Waals surface area (Å²) in [7, 11) is 0. The molecule has 4 heterocycles. The monoisotopic (exact) mass is 570 g/mol. The van der Waals surface area contributed by atoms with Crippen molar-refractivity contribution in [2.75, 3.05) is 46.2 Å². The molecule has 3 aliphatic rings. The number of rotatable bonds is 6. The number of benzene rings is 2. The van der Waals surface area contributed by atoms with Gasteiger partial charge in [0.25, 0.3) is 5.91 Å². The quantitative estimate of drug-likeness (QED) is 0.456. The van der Waals surface area contributed by atoms with Gasteiger partial charge in [0.05, 0.1) is 23.6 Å². The molecule has 0 spiro atoms. The summed E-state index contributed by atoms with van der Waals surface area (Å²) in [6.07, 6.45) is 1.25. The molecule has 0 saturated carbocycles. The molecule has 0 bridgehead atoms. The van der Waals surface area contributed by atoms with E-state index in [0.29, 0.717) is 44.2 Å². The third kappa shape index (κ3) is 4.84. The fourth-order valence-corrected chi connectivity index (χ4v) is 5.42. The lowest BCUT2D eigenvalue weighted by Gasteiger charge is -2.36. The average molecular weight is 571 g/mol. The highest BCUT2D eigenvalue weighted by Crippen LogP contribution is 2.35. The van der Waals surface area contributed by atoms with E-state index >= 15 is 0 Å². The number of piperazine rings is 1. The third-order valence-electron chi connectivity index (χ3n) is 7.67. The Morgan fingerprint density at radius 1 is 1.10 bits per heavy atom. The molecule has 13 heteroatoms. The van der Waals surface area contributed by atoms with Gasteiger partial charge in [-0.2, -0.15) is 4.39 Å². The second kappa shape index (κ2) is 10.6. The molecule has 3 aliphatic heterocycles. The first-order valence-corrected chi connectivity index (χ1v) is 13.3. The number of ether oxygens (including phenoxy) is 3. The molecule has 6 rings (SSSR count). The van der Waals surface area contributed by atoms with Crippen molar-refractivity contribution >= 4 is 22.7 Å². The zero-order valence-corrected chi connectivity index (χ0v) is 22.2. The van der Waals surface area contributed by atoms with Crippen LogP contribution >= 0.6 is 0 Å². The van der Waals surface area contributed by atoms with Crippen LogP contribution in [-0.2, 0) is 11.3 Å². The first-order chi connectivity index (χ1) is 19.7. The van der Waals surface area contributed by atoms with Gasteiger partial charge in [0.15, 0.2) is 23.1 Å². The Kier molecular flexibility index (Phi) is 6.99. The fourth-order valence-electron chi connectivity index (χ4n) is 5.42. The minimum atomic E-state index is -1.29. The van der Waals surface area contributed by atoms with Crippen LogP contribution < -0.4 is 25.0 Å². The number of aliphatic hydroxyl groups is 1. The molecule has 11 nitrogen and oxygen atoms in total. The third-order valence-corrected chi connectivity index (χ3v) is 7.67. The molecule has 0 aliphatic carbocycles. The predicted octanol–water partition coefficient (Wildman–Crippen LogP) is 1.40. The zero-order valence-electron chi connectivity index (χ0n) is 22.2. The molecular formula is C28H28F2N4O7. The number of nitrogens with one attached hydrogen (secondary N) is 1. The van der Waals surface area contributed by atoms with E-state index in [0.717, 1.165) is 11.6 Å². The van der Waals surface area contributed by atoms with Crippen molar-refractivity contribution in [2.24, 2.45) is 0 Å². The largest absolute Gasteiger partial charge is 0.486 e. The van der Waals surface area contributed by atoms with E-state index in [-0.39, 0.29) is 41.7 Å². The first kappa shape index (κ1) is 27.0. The zero-order chi connectivity index (χ0) is 28.8. The molecule has 216 valence electrons. The van der Waals surface area contributed by atoms with Gasteiger partial charge in [0.2, 0.25) is 23.9 Å². The summed E-state index contributed by atoms with van der Waals surface area (Å²) >= 11 is 0. The van der Waals surface area contributed by atoms with Crippen molar-refractivity contribution in [2.45, 2.75) is 25.6 Å². The highest BCUT2D eigenvalue weighted by atomic mass is 19.2. The van der Waals surface area contributed by atoms with Crippen LogP contribution in [0.15, 0.2) is 35.3 Å². The Morgan fingerprint density at radius 3 is 2.61 bits per heavy atom. The molecule has 2 atom stereocenters. The number of aliphatic hydroxyl groups excluding tert-OH is 1. The summed E-state index contributed by atoms with van der Waals surface area (Å²) in [6.45, 7) is 3.83. The van der Waals surface area contributed by atoms with Gasteiger partial charge in [-0.15, -0.1) is 0 Å². The van der Waals surface area contributed by atoms with Gasteiger partial charge < -0.3 is 34.1 Å². The first-order valence-electron chi connectivity index (χ1n) is 13.3. The number of fused-ring (bicyclic) bond motifs is 1. The standard InChI is InChI=1S/C28H28F2N4O7/c1-15-13-39-26-23(30)19(29)9-17-24(26)34(15)11-18(25(17)36)27(37)31-20(12-35)28(38)33-6-4-32(5-7-33)10-16-2-3-21-22(8-16)41-14-40-21/h2-3,8-9,11,15,20,35H,4-7,10,12-14H2,1H3,(H,31,37)/t15?,20-/m0/s1. The molecule has 1 saturated heterocycles. The van der Waals surface area contributed by atoms with E-state index in [1.165, 1.54) is 10.8 Å². The summed E-state index contributed by atoms with van der Waals surface area (Å²) in [5.74, 6) is -2.85. The van der Waals surface area contributed by atoms with Crippen LogP contribution in [0.2, 0.25) is 0 Å². The second-order valence-electron chi connectivity index (χ2n) is 10.3. The van der Waals surface area contributed by atoms with E-state index in [4.69, 9.17) is 14.2 Å². The van der Waals surface area contributed by atoms with Crippen LogP contribution in [0, 0.1) is 11.6 Å². The molecule has 2 amide bonds. The number of amides is 2. The summed E-state index contributed by atoms with van der Waals surface area (Å²) in [5.41, 5.74) is -0.0978. The molecule has 0 radical (unpaired) electrons. The molecule has 2 N–H and O–H groups in total. The lowest BCUT2D eigenvalue weighted by Crippen LogP contribution is -2.56. The minimum absolute atomic E-state index is 0.00476. The SMILES string of the molecule is CC1COc2c(F)c(F)cc3c(=O)c(C(=O)N[C@@H](CO)C(=O)N4CCN(Cc5ccc6c(c5)OCO6)CC4)cn1c23. The number of carbonyl (C=O) groups excluding carboxylic acids is 2. The van der Waals surface area contributed by atoms with Crippen LogP contribution in [0.4, 0.5) is 8.78 Å². The summed E-state index contributed by atoms with van der Waals surface area (Å²) < 4.78 is 46.2. The van der Waals surface area contributed by atoms with Crippen LogP contribution in [0.5, 0.6) is 17.2 Å². The van der Waals surface area contributed by atoms with E-state index in [1.807, 2.05) is 18.2 Å². The Hall–Kier alpha value is -4.23. The van der Waals surface area contributed by atoms with Gasteiger partial charge in [-0.1, -0.05) is 6.07 Å². The van der Waals surface area contributed by atoms with Crippen molar-refractivity contribution in [3.63, 3.8) is 0 Å². The van der Waals surface area contributed by atoms with E-state index < -0.39 is 41.5 Å². The van der Waals surface area contributed by atoms with Crippen LogP contribution in [0.25, 0.3) is 10.9 Å². The summed E-state index contributed by atoms with van der Waals surface area (Å²) in [5, 5.41) is 12.2. The number of hydrogen-bond donors (Lipinski definition) is 2. The maximum atomic E-state index is 14.4. The van der Waals surface area contributed by atoms with E-state index in [2.05, 4.69) is 10.2 Å². The highest BCUT2D eigenvalue weighted by Gasteiger charge is 2.32. The number of nitrogens with zero attached hydrogens (tertiary/aromatic N) is 3. The molecular weight excluding hydrogens is 542 g/mol. The average Bonchev–Trinajstić information content (AvgIpc) is 3.44. The fraction of sp³-hybridized carbons (Fsp3) is 0.393. The Balaban J connectivity index is 1.14. The number of halogens is 2. The van der Waals surface area contributed by atoms with Crippen LogP contribution in [-0.4, -0.2) is 83.5 Å². The topological polar surface area (TPSA) is 123 Å². The van der Waals surface area contributed by atoms with Gasteiger partial charge in [-0.3, -0.25) is 19.3 Å². The maximum Gasteiger partial charge on any atom is 0.257 e. The van der Waals surface area contributed by atoms with Gasteiger partial charge in [-0.25, -0.2) is 4.39 Å². The van der Waals surface area contributed by atoms with Gasteiger partial charge in [0.1, 0.15) is 18.2 Å². The Morgan fingerprint density at radius 2 is 1.85 bits per heavy atom. The number of hydrogen-bond acceptors (Lipinski definition) is 8.